The van der Waals surface area contributed by atoms with Gasteiger partial charge < -0.3 is 5.11 Å². The fourth-order valence-electron chi connectivity index (χ4n) is 1.44. The lowest BCUT2D eigenvalue weighted by molar-refractivity contribution is 0.201. The number of benzene rings is 1. The first-order valence-electron chi connectivity index (χ1n) is 5.08. The van der Waals surface area contributed by atoms with E-state index < -0.39 is 6.09 Å². The van der Waals surface area contributed by atoms with Crippen LogP contribution in [0.3, 0.4) is 0 Å². The Hall–Kier alpha value is -2.43. The third-order valence-corrected chi connectivity index (χ3v) is 2.24. The summed E-state index contributed by atoms with van der Waals surface area (Å²) in [6.07, 6.45) is 3.36. The Labute approximate surface area is 98.4 Å². The zero-order valence-corrected chi connectivity index (χ0v) is 9.02. The summed E-state index contributed by atoms with van der Waals surface area (Å²) in [7, 11) is 0. The molecule has 5 heteroatoms. The van der Waals surface area contributed by atoms with Crippen molar-refractivity contribution in [3.8, 4) is 0 Å². The van der Waals surface area contributed by atoms with Crippen LogP contribution in [0.15, 0.2) is 48.9 Å². The summed E-state index contributed by atoms with van der Waals surface area (Å²) in [6, 6.07) is 9.35. The molecule has 1 aromatic heterocycles. The molecule has 2 aromatic rings. The topological polar surface area (TPSA) is 66.3 Å². The monoisotopic (exact) mass is 229 g/mol. The molecule has 1 amide bonds. The zero-order valence-electron chi connectivity index (χ0n) is 9.02. The van der Waals surface area contributed by atoms with Crippen molar-refractivity contribution in [2.45, 2.75) is 6.54 Å². The minimum Gasteiger partial charge on any atom is -0.465 e. The summed E-state index contributed by atoms with van der Waals surface area (Å²) < 4.78 is 0. The second-order valence-electron chi connectivity index (χ2n) is 3.42. The van der Waals surface area contributed by atoms with E-state index in [0.29, 0.717) is 5.82 Å². The molecule has 0 aliphatic rings. The second-order valence-corrected chi connectivity index (χ2v) is 3.42. The number of carbonyl (C=O) groups is 1. The number of nitrogens with zero attached hydrogens (tertiary/aromatic N) is 3. The van der Waals surface area contributed by atoms with Gasteiger partial charge in [-0.1, -0.05) is 30.3 Å². The van der Waals surface area contributed by atoms with Gasteiger partial charge in [0.25, 0.3) is 0 Å². The highest BCUT2D eigenvalue weighted by Crippen LogP contribution is 2.12. The van der Waals surface area contributed by atoms with E-state index >= 15 is 0 Å². The van der Waals surface area contributed by atoms with Crippen LogP contribution in [0.25, 0.3) is 0 Å². The lowest BCUT2D eigenvalue weighted by atomic mass is 10.2. The lowest BCUT2D eigenvalue weighted by Crippen LogP contribution is -2.29. The van der Waals surface area contributed by atoms with Crippen LogP contribution < -0.4 is 4.90 Å². The van der Waals surface area contributed by atoms with E-state index in [2.05, 4.69) is 9.97 Å². The molecule has 0 saturated carbocycles. The first-order chi connectivity index (χ1) is 8.27. The van der Waals surface area contributed by atoms with E-state index in [1.165, 1.54) is 18.6 Å². The van der Waals surface area contributed by atoms with E-state index in [1.807, 2.05) is 30.3 Å². The van der Waals surface area contributed by atoms with Gasteiger partial charge in [-0.25, -0.2) is 9.78 Å². The predicted molar refractivity (Wildman–Crippen MR) is 62.7 cm³/mol. The largest absolute Gasteiger partial charge is 0.465 e. The number of carboxylic acid groups (broad SMARTS) is 1. The average molecular weight is 229 g/mol. The van der Waals surface area contributed by atoms with Crippen LogP contribution in [0.1, 0.15) is 5.56 Å². The maximum absolute atomic E-state index is 11.2. The zero-order chi connectivity index (χ0) is 12.1. The Morgan fingerprint density at radius 1 is 1.24 bits per heavy atom. The summed E-state index contributed by atoms with van der Waals surface area (Å²) in [4.78, 5) is 20.2. The number of aromatic nitrogens is 2. The van der Waals surface area contributed by atoms with Crippen LogP contribution in [-0.4, -0.2) is 21.2 Å². The van der Waals surface area contributed by atoms with Gasteiger partial charge in [0, 0.05) is 12.4 Å². The van der Waals surface area contributed by atoms with Crippen LogP contribution in [0.4, 0.5) is 10.6 Å². The summed E-state index contributed by atoms with van der Waals surface area (Å²) in [5.41, 5.74) is 0.903. The molecule has 86 valence electrons. The lowest BCUT2D eigenvalue weighted by Gasteiger charge is -2.17. The van der Waals surface area contributed by atoms with Gasteiger partial charge in [-0.2, -0.15) is 0 Å². The van der Waals surface area contributed by atoms with E-state index in [4.69, 9.17) is 5.11 Å². The van der Waals surface area contributed by atoms with E-state index in [0.717, 1.165) is 10.5 Å². The van der Waals surface area contributed by atoms with Crippen LogP contribution in [0, 0.1) is 0 Å². The van der Waals surface area contributed by atoms with Gasteiger partial charge in [0.1, 0.15) is 0 Å². The van der Waals surface area contributed by atoms with Gasteiger partial charge in [-0.3, -0.25) is 9.88 Å². The average Bonchev–Trinajstić information content (AvgIpc) is 2.38. The molecule has 17 heavy (non-hydrogen) atoms. The first kappa shape index (κ1) is 11.1. The Balaban J connectivity index is 2.23. The van der Waals surface area contributed by atoms with Gasteiger partial charge in [0.15, 0.2) is 5.82 Å². The van der Waals surface area contributed by atoms with E-state index in [-0.39, 0.29) is 6.54 Å². The fraction of sp³-hybridized carbons (Fsp3) is 0.0833. The minimum atomic E-state index is -1.05. The predicted octanol–water partition coefficient (Wildman–Crippen LogP) is 2.16. The van der Waals surface area contributed by atoms with Crippen LogP contribution in [0.2, 0.25) is 0 Å². The SMILES string of the molecule is O=C(O)N(Cc1ccccc1)c1cnccn1. The van der Waals surface area contributed by atoms with Gasteiger partial charge in [0.2, 0.25) is 0 Å². The standard InChI is InChI=1S/C12H11N3O2/c16-12(17)15(11-8-13-6-7-14-11)9-10-4-2-1-3-5-10/h1-8H,9H2,(H,16,17). The Kier molecular flexibility index (Phi) is 3.30. The molecule has 0 radical (unpaired) electrons. The summed E-state index contributed by atoms with van der Waals surface area (Å²) >= 11 is 0. The van der Waals surface area contributed by atoms with Crippen LogP contribution >= 0.6 is 0 Å². The van der Waals surface area contributed by atoms with Crippen molar-refractivity contribution in [2.24, 2.45) is 0 Å². The number of anilines is 1. The molecule has 0 unspecified atom stereocenters. The molecule has 0 bridgehead atoms. The molecule has 0 spiro atoms. The van der Waals surface area contributed by atoms with Crippen LogP contribution in [-0.2, 0) is 6.54 Å². The smallest absolute Gasteiger partial charge is 0.413 e. The van der Waals surface area contributed by atoms with Crippen molar-refractivity contribution < 1.29 is 9.90 Å². The maximum Gasteiger partial charge on any atom is 0.413 e. The van der Waals surface area contributed by atoms with Crippen molar-refractivity contribution in [1.82, 2.24) is 9.97 Å². The van der Waals surface area contributed by atoms with Crippen molar-refractivity contribution >= 4 is 11.9 Å². The molecule has 0 aliphatic heterocycles. The molecule has 2 rings (SSSR count). The fourth-order valence-corrected chi connectivity index (χ4v) is 1.44. The normalized spacial score (nSPS) is 9.88. The Morgan fingerprint density at radius 3 is 2.59 bits per heavy atom. The quantitative estimate of drug-likeness (QED) is 0.875. The van der Waals surface area contributed by atoms with Crippen molar-refractivity contribution in [3.63, 3.8) is 0 Å². The van der Waals surface area contributed by atoms with Crippen LogP contribution in [0.5, 0.6) is 0 Å². The third kappa shape index (κ3) is 2.78. The van der Waals surface area contributed by atoms with Gasteiger partial charge in [0.05, 0.1) is 12.7 Å². The molecule has 0 fully saturated rings. The molecule has 1 N–H and O–H groups in total. The number of rotatable bonds is 3. The van der Waals surface area contributed by atoms with Crippen molar-refractivity contribution in [2.75, 3.05) is 4.90 Å². The molecular weight excluding hydrogens is 218 g/mol. The molecule has 0 aliphatic carbocycles. The van der Waals surface area contributed by atoms with Gasteiger partial charge in [-0.05, 0) is 5.56 Å². The Bertz CT molecular complexity index is 488. The van der Waals surface area contributed by atoms with Crippen molar-refractivity contribution in [1.29, 1.82) is 0 Å². The Morgan fingerprint density at radius 2 is 2.00 bits per heavy atom. The van der Waals surface area contributed by atoms with E-state index in [9.17, 15) is 4.79 Å². The maximum atomic E-state index is 11.2. The molecule has 0 atom stereocenters. The highest BCUT2D eigenvalue weighted by molar-refractivity contribution is 5.84. The highest BCUT2D eigenvalue weighted by Gasteiger charge is 2.15. The van der Waals surface area contributed by atoms with Gasteiger partial charge in [-0.15, -0.1) is 0 Å². The minimum absolute atomic E-state index is 0.259. The van der Waals surface area contributed by atoms with Crippen molar-refractivity contribution in [3.05, 3.63) is 54.5 Å². The summed E-state index contributed by atoms with van der Waals surface area (Å²) in [6.45, 7) is 0.259. The third-order valence-electron chi connectivity index (χ3n) is 2.24. The number of hydrogen-bond donors (Lipinski definition) is 1. The van der Waals surface area contributed by atoms with E-state index in [1.54, 1.807) is 0 Å². The molecule has 1 heterocycles. The first-order valence-corrected chi connectivity index (χ1v) is 5.08. The summed E-state index contributed by atoms with van der Waals surface area (Å²) in [5, 5.41) is 9.15. The highest BCUT2D eigenvalue weighted by atomic mass is 16.4. The molecule has 0 saturated heterocycles. The second kappa shape index (κ2) is 5.07. The van der Waals surface area contributed by atoms with Gasteiger partial charge >= 0.3 is 6.09 Å². The number of hydrogen-bond acceptors (Lipinski definition) is 3. The molecule has 1 aromatic carbocycles. The molecular formula is C12H11N3O2. The number of amides is 1. The molecule has 5 nitrogen and oxygen atoms in total. The summed E-state index contributed by atoms with van der Waals surface area (Å²) in [5.74, 6) is 0.323.